The van der Waals surface area contributed by atoms with Crippen LogP contribution >= 0.6 is 0 Å². The van der Waals surface area contributed by atoms with E-state index in [4.69, 9.17) is 12.1 Å². The van der Waals surface area contributed by atoms with Crippen molar-refractivity contribution in [1.29, 1.82) is 0 Å². The third-order valence-corrected chi connectivity index (χ3v) is 10.6. The molecule has 0 spiro atoms. The van der Waals surface area contributed by atoms with E-state index in [2.05, 4.69) is 95.9 Å². The Hall–Kier alpha value is -4.61. The van der Waals surface area contributed by atoms with Gasteiger partial charge in [0.2, 0.25) is 0 Å². The molecule has 0 atom stereocenters. The van der Waals surface area contributed by atoms with Gasteiger partial charge in [0, 0.05) is 41.0 Å². The molecule has 4 nitrogen and oxygen atoms in total. The van der Waals surface area contributed by atoms with Crippen LogP contribution < -0.4 is 5.19 Å². The van der Waals surface area contributed by atoms with Gasteiger partial charge in [0.05, 0.1) is 30.5 Å². The van der Waals surface area contributed by atoms with Gasteiger partial charge in [-0.15, -0.1) is 54.1 Å². The van der Waals surface area contributed by atoms with E-state index in [1.54, 1.807) is 0 Å². The first kappa shape index (κ1) is 32.6. The SMILES string of the molecule is [2H]C([2H])(c1cc(-c2[c-]cccc2)ncc1[Si](C)(C)C)C(C)C.[Ir].[c-]1ccc2c(oc3ccccc32)c1-c1nc2ccccc2n1Cc1ccccc1. The summed E-state index contributed by atoms with van der Waals surface area (Å²) in [5.41, 5.74) is 8.41. The molecule has 0 amide bonds. The molecule has 1 radical (unpaired) electrons. The van der Waals surface area contributed by atoms with E-state index < -0.39 is 14.4 Å². The molecule has 0 saturated carbocycles. The Kier molecular flexibility index (Phi) is 9.84. The van der Waals surface area contributed by atoms with Gasteiger partial charge in [-0.2, -0.15) is 0 Å². The van der Waals surface area contributed by atoms with Crippen LogP contribution in [0.3, 0.4) is 0 Å². The number of hydrogen-bond donors (Lipinski definition) is 0. The fourth-order valence-corrected chi connectivity index (χ4v) is 7.64. The third-order valence-electron chi connectivity index (χ3n) is 8.54. The van der Waals surface area contributed by atoms with E-state index in [-0.39, 0.29) is 26.0 Å². The largest absolute Gasteiger partial charge is 0.501 e. The van der Waals surface area contributed by atoms with Crippen molar-refractivity contribution in [3.63, 3.8) is 0 Å². The monoisotopic (exact) mass is 850 g/mol. The number of benzene rings is 5. The Morgan fingerprint density at radius 2 is 1.56 bits per heavy atom. The van der Waals surface area contributed by atoms with E-state index >= 15 is 0 Å². The minimum atomic E-state index is -1.67. The number of fused-ring (bicyclic) bond motifs is 4. The molecule has 3 aromatic heterocycles. The van der Waals surface area contributed by atoms with Gasteiger partial charge in [-0.05, 0) is 46.9 Å². The molecule has 8 rings (SSSR count). The number of aromatic nitrogens is 3. The Bertz CT molecular complexity index is 2450. The minimum Gasteiger partial charge on any atom is -0.501 e. The first-order valence-electron chi connectivity index (χ1n) is 17.8. The summed E-state index contributed by atoms with van der Waals surface area (Å²) >= 11 is 0. The zero-order valence-electron chi connectivity index (χ0n) is 31.0. The van der Waals surface area contributed by atoms with Crippen molar-refractivity contribution in [2.75, 3.05) is 0 Å². The molecular formula is C44H41IrN3OSi-2. The molecule has 0 bridgehead atoms. The smallest absolute Gasteiger partial charge is 0.120 e. The maximum atomic E-state index is 8.55. The fourth-order valence-electron chi connectivity index (χ4n) is 6.23. The van der Waals surface area contributed by atoms with Crippen molar-refractivity contribution in [2.45, 2.75) is 46.4 Å². The van der Waals surface area contributed by atoms with Crippen LogP contribution in [0.2, 0.25) is 19.6 Å². The second-order valence-electron chi connectivity index (χ2n) is 13.6. The molecule has 8 aromatic rings. The summed E-state index contributed by atoms with van der Waals surface area (Å²) in [4.78, 5) is 9.56. The van der Waals surface area contributed by atoms with E-state index in [0.717, 1.165) is 72.9 Å². The molecule has 0 aliphatic carbocycles. The molecule has 0 N–H and O–H groups in total. The van der Waals surface area contributed by atoms with Crippen LogP contribution in [0.25, 0.3) is 55.6 Å². The summed E-state index contributed by atoms with van der Waals surface area (Å²) in [6, 6.07) is 47.1. The number of furan rings is 1. The fraction of sp³-hybridized carbons (Fsp3) is 0.182. The van der Waals surface area contributed by atoms with Crippen LogP contribution in [-0.4, -0.2) is 22.6 Å². The topological polar surface area (TPSA) is 43.9 Å². The maximum Gasteiger partial charge on any atom is 0.120 e. The minimum absolute atomic E-state index is 0. The average molecular weight is 850 g/mol. The molecule has 0 unspecified atom stereocenters. The number of nitrogens with zero attached hydrogens (tertiary/aromatic N) is 3. The number of pyridine rings is 1. The maximum absolute atomic E-state index is 8.55. The first-order chi connectivity index (χ1) is 24.5. The summed E-state index contributed by atoms with van der Waals surface area (Å²) in [5, 5.41) is 3.31. The van der Waals surface area contributed by atoms with Crippen LogP contribution in [0.5, 0.6) is 0 Å². The number of para-hydroxylation sites is 3. The van der Waals surface area contributed by atoms with Gasteiger partial charge in [-0.3, -0.25) is 4.98 Å². The average Bonchev–Trinajstić information content (AvgIpc) is 3.70. The molecule has 3 heterocycles. The summed E-state index contributed by atoms with van der Waals surface area (Å²) in [6.45, 7) is 11.3. The standard InChI is InChI=1S/C26H17N2O.C18H24NSi.Ir/c1-2-9-18(10-3-1)17-28-23-15-6-5-14-22(23)27-26(28)21-13-8-12-20-19-11-4-7-16-24(19)29-25(20)21;1-14(2)11-16-12-17(15-9-7-6-8-10-15)19-13-18(16)20(3,4)5;/h1-12,14-16H,17H2;6-9,12-14H,11H2,1-5H3;/q2*-1;/i;11D2;. The Labute approximate surface area is 312 Å². The van der Waals surface area contributed by atoms with Crippen molar-refractivity contribution in [3.8, 4) is 22.6 Å². The molecule has 253 valence electrons. The first-order valence-corrected chi connectivity index (χ1v) is 20.3. The molecule has 5 aromatic carbocycles. The second kappa shape index (κ2) is 15.1. The van der Waals surface area contributed by atoms with Gasteiger partial charge in [0.1, 0.15) is 5.58 Å². The normalized spacial score (nSPS) is 12.4. The zero-order chi connectivity index (χ0) is 35.8. The molecule has 50 heavy (non-hydrogen) atoms. The Balaban J connectivity index is 0.000000183. The van der Waals surface area contributed by atoms with Crippen molar-refractivity contribution >= 4 is 46.2 Å². The molecule has 0 fully saturated rings. The van der Waals surface area contributed by atoms with E-state index in [0.29, 0.717) is 0 Å². The molecule has 0 aliphatic heterocycles. The summed E-state index contributed by atoms with van der Waals surface area (Å²) < 4.78 is 25.6. The molecule has 0 aliphatic rings. The number of rotatable bonds is 7. The van der Waals surface area contributed by atoms with Crippen LogP contribution in [0, 0.1) is 18.1 Å². The van der Waals surface area contributed by atoms with Gasteiger partial charge in [0.15, 0.2) is 0 Å². The van der Waals surface area contributed by atoms with Gasteiger partial charge >= 0.3 is 0 Å². The van der Waals surface area contributed by atoms with Crippen LogP contribution in [0.1, 0.15) is 27.7 Å². The van der Waals surface area contributed by atoms with Gasteiger partial charge < -0.3 is 14.0 Å². The summed E-state index contributed by atoms with van der Waals surface area (Å²) in [5.74, 6) is 0.789. The molecular weight excluding hydrogens is 807 g/mol. The second-order valence-corrected chi connectivity index (χ2v) is 18.7. The summed E-state index contributed by atoms with van der Waals surface area (Å²) in [7, 11) is -1.67. The van der Waals surface area contributed by atoms with E-state index in [1.807, 2.05) is 86.8 Å². The van der Waals surface area contributed by atoms with Crippen LogP contribution in [0.15, 0.2) is 132 Å². The van der Waals surface area contributed by atoms with Crippen molar-refractivity contribution < 1.29 is 27.3 Å². The van der Waals surface area contributed by atoms with Crippen LogP contribution in [-0.2, 0) is 33.0 Å². The summed E-state index contributed by atoms with van der Waals surface area (Å²) in [6.07, 6.45) is 0.528. The molecule has 6 heteroatoms. The quantitative estimate of drug-likeness (QED) is 0.119. The third kappa shape index (κ3) is 7.44. The molecule has 0 saturated heterocycles. The Morgan fingerprint density at radius 3 is 2.32 bits per heavy atom. The van der Waals surface area contributed by atoms with Crippen molar-refractivity contribution in [3.05, 3.63) is 151 Å². The number of hydrogen-bond acceptors (Lipinski definition) is 3. The number of imidazole rings is 1. The zero-order valence-corrected chi connectivity index (χ0v) is 32.4. The predicted molar refractivity (Wildman–Crippen MR) is 207 cm³/mol. The van der Waals surface area contributed by atoms with Gasteiger partial charge in [-0.1, -0.05) is 117 Å². The van der Waals surface area contributed by atoms with Crippen LogP contribution in [0.4, 0.5) is 0 Å². The Morgan fingerprint density at radius 1 is 0.820 bits per heavy atom. The van der Waals surface area contributed by atoms with E-state index in [1.165, 1.54) is 5.56 Å². The predicted octanol–water partition coefficient (Wildman–Crippen LogP) is 10.7. The van der Waals surface area contributed by atoms with Crippen molar-refractivity contribution in [1.82, 2.24) is 14.5 Å². The van der Waals surface area contributed by atoms with Gasteiger partial charge in [0.25, 0.3) is 0 Å². The van der Waals surface area contributed by atoms with Gasteiger partial charge in [-0.25, -0.2) is 0 Å². The van der Waals surface area contributed by atoms with E-state index in [9.17, 15) is 0 Å². The van der Waals surface area contributed by atoms with Crippen molar-refractivity contribution in [2.24, 2.45) is 5.92 Å².